The van der Waals surface area contributed by atoms with E-state index in [9.17, 15) is 0 Å². The first-order chi connectivity index (χ1) is 5.45. The fraction of sp³-hybridized carbons (Fsp3) is 1.00. The second-order valence-electron chi connectivity index (χ2n) is 3.74. The van der Waals surface area contributed by atoms with Gasteiger partial charge in [0, 0.05) is 6.61 Å². The molecule has 2 fully saturated rings. The molecule has 72 valence electrons. The summed E-state index contributed by atoms with van der Waals surface area (Å²) in [5.41, 5.74) is 0. The summed E-state index contributed by atoms with van der Waals surface area (Å²) >= 11 is 0. The third-order valence-electron chi connectivity index (χ3n) is 2.79. The number of nitrogens with one attached hydrogen (secondary N) is 1. The van der Waals surface area contributed by atoms with Crippen LogP contribution in [-0.4, -0.2) is 25.8 Å². The van der Waals surface area contributed by atoms with Gasteiger partial charge < -0.3 is 10.1 Å². The molecule has 0 aliphatic carbocycles. The molecule has 2 aliphatic rings. The van der Waals surface area contributed by atoms with Gasteiger partial charge in [0.15, 0.2) is 0 Å². The molecule has 0 spiro atoms. The number of hydrogen-bond donors (Lipinski definition) is 1. The minimum atomic E-state index is 0. The molecule has 0 radical (unpaired) electrons. The molecule has 2 aliphatic heterocycles. The third-order valence-corrected chi connectivity index (χ3v) is 2.79. The first kappa shape index (κ1) is 10.3. The third kappa shape index (κ3) is 2.61. The number of rotatable bonds is 3. The van der Waals surface area contributed by atoms with Crippen LogP contribution in [0, 0.1) is 5.92 Å². The highest BCUT2D eigenvalue weighted by Crippen LogP contribution is 2.20. The maximum absolute atomic E-state index is 5.55. The lowest BCUT2D eigenvalue weighted by atomic mass is 9.95. The van der Waals surface area contributed by atoms with Crippen LogP contribution in [0.2, 0.25) is 0 Å². The zero-order chi connectivity index (χ0) is 7.52. The van der Waals surface area contributed by atoms with E-state index in [-0.39, 0.29) is 12.4 Å². The first-order valence-electron chi connectivity index (χ1n) is 4.77. The molecular weight excluding hydrogens is 174 g/mol. The van der Waals surface area contributed by atoms with Gasteiger partial charge in [-0.05, 0) is 44.7 Å². The Morgan fingerprint density at radius 3 is 2.58 bits per heavy atom. The molecule has 1 N–H and O–H groups in total. The predicted molar refractivity (Wildman–Crippen MR) is 51.8 cm³/mol. The van der Waals surface area contributed by atoms with E-state index in [1.165, 1.54) is 38.8 Å². The van der Waals surface area contributed by atoms with Gasteiger partial charge in [-0.15, -0.1) is 12.4 Å². The SMILES string of the molecule is C1COC(CCC2CNC2)C1.Cl. The summed E-state index contributed by atoms with van der Waals surface area (Å²) in [7, 11) is 0. The van der Waals surface area contributed by atoms with Crippen LogP contribution in [0.4, 0.5) is 0 Å². The van der Waals surface area contributed by atoms with E-state index < -0.39 is 0 Å². The molecule has 0 aromatic carbocycles. The largest absolute Gasteiger partial charge is 0.378 e. The van der Waals surface area contributed by atoms with Gasteiger partial charge >= 0.3 is 0 Å². The zero-order valence-corrected chi connectivity index (χ0v) is 8.24. The van der Waals surface area contributed by atoms with Crippen molar-refractivity contribution in [1.82, 2.24) is 5.32 Å². The van der Waals surface area contributed by atoms with Crippen LogP contribution in [0.15, 0.2) is 0 Å². The monoisotopic (exact) mass is 191 g/mol. The minimum Gasteiger partial charge on any atom is -0.378 e. The smallest absolute Gasteiger partial charge is 0.0576 e. The van der Waals surface area contributed by atoms with Crippen molar-refractivity contribution in [3.8, 4) is 0 Å². The first-order valence-corrected chi connectivity index (χ1v) is 4.77. The van der Waals surface area contributed by atoms with Crippen LogP contribution in [0.25, 0.3) is 0 Å². The van der Waals surface area contributed by atoms with Crippen molar-refractivity contribution >= 4 is 12.4 Å². The topological polar surface area (TPSA) is 21.3 Å². The lowest BCUT2D eigenvalue weighted by Crippen LogP contribution is -2.42. The number of halogens is 1. The Bertz CT molecular complexity index is 122. The second-order valence-corrected chi connectivity index (χ2v) is 3.74. The molecule has 2 rings (SSSR count). The van der Waals surface area contributed by atoms with Crippen LogP contribution >= 0.6 is 12.4 Å². The second kappa shape index (κ2) is 5.05. The van der Waals surface area contributed by atoms with Crippen LogP contribution in [0.3, 0.4) is 0 Å². The highest BCUT2D eigenvalue weighted by atomic mass is 35.5. The number of ether oxygens (including phenoxy) is 1. The number of hydrogen-bond acceptors (Lipinski definition) is 2. The predicted octanol–water partition coefficient (Wildman–Crippen LogP) is 1.59. The summed E-state index contributed by atoms with van der Waals surface area (Å²) in [4.78, 5) is 0. The summed E-state index contributed by atoms with van der Waals surface area (Å²) in [5, 5.41) is 3.30. The van der Waals surface area contributed by atoms with E-state index in [1.54, 1.807) is 0 Å². The summed E-state index contributed by atoms with van der Waals surface area (Å²) in [5.74, 6) is 0.958. The lowest BCUT2D eigenvalue weighted by molar-refractivity contribution is 0.0949. The quantitative estimate of drug-likeness (QED) is 0.732. The standard InChI is InChI=1S/C9H17NO.ClH/c1-2-9(11-5-1)4-3-8-6-10-7-8;/h8-10H,1-7H2;1H. The molecular formula is C9H18ClNO. The van der Waals surface area contributed by atoms with E-state index in [0.29, 0.717) is 6.10 Å². The molecule has 0 aromatic rings. The van der Waals surface area contributed by atoms with Gasteiger partial charge in [-0.3, -0.25) is 0 Å². The molecule has 1 unspecified atom stereocenters. The van der Waals surface area contributed by atoms with Gasteiger partial charge in [-0.25, -0.2) is 0 Å². The molecule has 0 aromatic heterocycles. The Morgan fingerprint density at radius 2 is 2.08 bits per heavy atom. The average Bonchev–Trinajstić information content (AvgIpc) is 2.36. The molecule has 3 heteroatoms. The van der Waals surface area contributed by atoms with Crippen LogP contribution in [0.5, 0.6) is 0 Å². The Balaban J connectivity index is 0.000000720. The molecule has 1 atom stereocenters. The highest BCUT2D eigenvalue weighted by molar-refractivity contribution is 5.85. The van der Waals surface area contributed by atoms with E-state index in [2.05, 4.69) is 5.32 Å². The van der Waals surface area contributed by atoms with E-state index in [1.807, 2.05) is 0 Å². The van der Waals surface area contributed by atoms with Crippen molar-refractivity contribution in [2.24, 2.45) is 5.92 Å². The highest BCUT2D eigenvalue weighted by Gasteiger charge is 2.20. The van der Waals surface area contributed by atoms with Gasteiger partial charge in [-0.1, -0.05) is 0 Å². The van der Waals surface area contributed by atoms with Gasteiger partial charge in [0.05, 0.1) is 6.10 Å². The Labute approximate surface area is 80.5 Å². The van der Waals surface area contributed by atoms with Crippen molar-refractivity contribution in [1.29, 1.82) is 0 Å². The van der Waals surface area contributed by atoms with Gasteiger partial charge in [0.25, 0.3) is 0 Å². The Kier molecular flexibility index (Phi) is 4.33. The molecule has 0 amide bonds. The Hall–Kier alpha value is 0.210. The van der Waals surface area contributed by atoms with Gasteiger partial charge in [-0.2, -0.15) is 0 Å². The molecule has 2 nitrogen and oxygen atoms in total. The fourth-order valence-corrected chi connectivity index (χ4v) is 1.85. The molecule has 2 heterocycles. The van der Waals surface area contributed by atoms with Crippen molar-refractivity contribution in [3.63, 3.8) is 0 Å². The maximum Gasteiger partial charge on any atom is 0.0576 e. The summed E-state index contributed by atoms with van der Waals surface area (Å²) in [6, 6.07) is 0. The lowest BCUT2D eigenvalue weighted by Gasteiger charge is -2.27. The van der Waals surface area contributed by atoms with E-state index >= 15 is 0 Å². The fourth-order valence-electron chi connectivity index (χ4n) is 1.85. The van der Waals surface area contributed by atoms with Crippen molar-refractivity contribution in [3.05, 3.63) is 0 Å². The zero-order valence-electron chi connectivity index (χ0n) is 7.42. The molecule has 12 heavy (non-hydrogen) atoms. The normalized spacial score (nSPS) is 29.5. The average molecular weight is 192 g/mol. The van der Waals surface area contributed by atoms with Crippen molar-refractivity contribution in [2.45, 2.75) is 31.8 Å². The van der Waals surface area contributed by atoms with E-state index in [0.717, 1.165) is 12.5 Å². The maximum atomic E-state index is 5.55. The molecule has 2 saturated heterocycles. The van der Waals surface area contributed by atoms with E-state index in [4.69, 9.17) is 4.74 Å². The van der Waals surface area contributed by atoms with Crippen molar-refractivity contribution in [2.75, 3.05) is 19.7 Å². The minimum absolute atomic E-state index is 0. The molecule has 0 bridgehead atoms. The van der Waals surface area contributed by atoms with Crippen LogP contribution in [-0.2, 0) is 4.74 Å². The summed E-state index contributed by atoms with van der Waals surface area (Å²) in [6.45, 7) is 3.49. The van der Waals surface area contributed by atoms with Crippen LogP contribution < -0.4 is 5.32 Å². The summed E-state index contributed by atoms with van der Waals surface area (Å²) in [6.07, 6.45) is 5.87. The van der Waals surface area contributed by atoms with Crippen LogP contribution in [0.1, 0.15) is 25.7 Å². The van der Waals surface area contributed by atoms with Gasteiger partial charge in [0.1, 0.15) is 0 Å². The van der Waals surface area contributed by atoms with Gasteiger partial charge in [0.2, 0.25) is 0 Å². The summed E-state index contributed by atoms with van der Waals surface area (Å²) < 4.78 is 5.55. The Morgan fingerprint density at radius 1 is 1.25 bits per heavy atom. The van der Waals surface area contributed by atoms with Crippen molar-refractivity contribution < 1.29 is 4.74 Å². The molecule has 0 saturated carbocycles.